The minimum Gasteiger partial charge on any atom is -0.345 e. The number of hydrogen-bond donors (Lipinski definition) is 1. The van der Waals surface area contributed by atoms with Crippen molar-refractivity contribution in [3.05, 3.63) is 90.0 Å². The fraction of sp³-hybridized carbons (Fsp3) is 0.320. The van der Waals surface area contributed by atoms with Crippen LogP contribution in [0.4, 0.5) is 14.9 Å². The van der Waals surface area contributed by atoms with Crippen LogP contribution in [0.25, 0.3) is 0 Å². The lowest BCUT2D eigenvalue weighted by Crippen LogP contribution is -2.43. The van der Waals surface area contributed by atoms with E-state index in [-0.39, 0.29) is 17.9 Å². The molecule has 2 amide bonds. The zero-order valence-corrected chi connectivity index (χ0v) is 17.1. The minimum atomic E-state index is -0.229. The molecule has 0 atom stereocenters. The summed E-state index contributed by atoms with van der Waals surface area (Å²) in [7, 11) is 0. The maximum Gasteiger partial charge on any atom is 0.322 e. The van der Waals surface area contributed by atoms with Crippen molar-refractivity contribution >= 4 is 11.7 Å². The molecule has 4 rings (SSSR count). The molecule has 1 fully saturated rings. The van der Waals surface area contributed by atoms with Gasteiger partial charge in [0.25, 0.3) is 0 Å². The molecular weight excluding hydrogens is 377 g/mol. The van der Waals surface area contributed by atoms with Gasteiger partial charge in [-0.05, 0) is 54.8 Å². The molecular formula is C25H28FN3O. The first-order chi connectivity index (χ1) is 14.7. The molecule has 0 radical (unpaired) electrons. The van der Waals surface area contributed by atoms with E-state index in [2.05, 4.69) is 9.88 Å². The molecule has 0 bridgehead atoms. The fourth-order valence-corrected chi connectivity index (χ4v) is 4.23. The summed E-state index contributed by atoms with van der Waals surface area (Å²) in [5.74, 6) is -0.229. The number of carbonyl (C=O) groups is 1. The molecule has 1 aromatic heterocycles. The van der Waals surface area contributed by atoms with Gasteiger partial charge in [-0.2, -0.15) is 0 Å². The summed E-state index contributed by atoms with van der Waals surface area (Å²) in [5, 5.41) is 3.06. The van der Waals surface area contributed by atoms with Gasteiger partial charge < -0.3 is 14.8 Å². The van der Waals surface area contributed by atoms with Gasteiger partial charge in [-0.3, -0.25) is 0 Å². The van der Waals surface area contributed by atoms with E-state index in [1.807, 2.05) is 59.6 Å². The Hall–Kier alpha value is -3.08. The third kappa shape index (κ3) is 5.09. The molecule has 1 N–H and O–H groups in total. The molecule has 0 spiro atoms. The normalized spacial score (nSPS) is 14.4. The minimum absolute atomic E-state index is 0.0633. The van der Waals surface area contributed by atoms with Crippen LogP contribution in [0.1, 0.15) is 43.4 Å². The molecule has 4 nitrogen and oxygen atoms in total. The zero-order chi connectivity index (χ0) is 20.8. The van der Waals surface area contributed by atoms with Gasteiger partial charge in [0.05, 0.1) is 6.54 Å². The highest BCUT2D eigenvalue weighted by Crippen LogP contribution is 2.25. The highest BCUT2D eigenvalue weighted by Gasteiger charge is 2.26. The number of nitrogens with zero attached hydrogens (tertiary/aromatic N) is 2. The number of benzene rings is 2. The van der Waals surface area contributed by atoms with Gasteiger partial charge in [-0.1, -0.05) is 49.6 Å². The second kappa shape index (κ2) is 9.61. The van der Waals surface area contributed by atoms with Crippen LogP contribution in [0.15, 0.2) is 72.9 Å². The standard InChI is InChI=1S/C25H28FN3O/c26-21-10-7-9-20(17-21)18-28-16-8-15-24(28)19-29(23-13-5-2-6-14-23)25(30)27-22-11-3-1-4-12-22/h1,3-4,7-12,15-17,23H,2,5-6,13-14,18-19H2,(H,27,30). The maximum atomic E-state index is 13.6. The van der Waals surface area contributed by atoms with Gasteiger partial charge in [-0.15, -0.1) is 0 Å². The molecule has 1 aliphatic rings. The van der Waals surface area contributed by atoms with Gasteiger partial charge >= 0.3 is 6.03 Å². The summed E-state index contributed by atoms with van der Waals surface area (Å²) < 4.78 is 15.7. The van der Waals surface area contributed by atoms with E-state index in [1.165, 1.54) is 12.5 Å². The lowest BCUT2D eigenvalue weighted by molar-refractivity contribution is 0.161. The Kier molecular flexibility index (Phi) is 6.47. The molecule has 2 aromatic carbocycles. The van der Waals surface area contributed by atoms with Gasteiger partial charge in [0, 0.05) is 30.2 Å². The highest BCUT2D eigenvalue weighted by atomic mass is 19.1. The largest absolute Gasteiger partial charge is 0.345 e. The molecule has 0 saturated heterocycles. The number of rotatable bonds is 6. The Morgan fingerprint density at radius 1 is 1.00 bits per heavy atom. The predicted octanol–water partition coefficient (Wildman–Crippen LogP) is 6.04. The van der Waals surface area contributed by atoms with Crippen LogP contribution in [-0.2, 0) is 13.1 Å². The summed E-state index contributed by atoms with van der Waals surface area (Å²) in [6.45, 7) is 1.12. The van der Waals surface area contributed by atoms with Crippen molar-refractivity contribution in [2.45, 2.75) is 51.2 Å². The van der Waals surface area contributed by atoms with Crippen LogP contribution in [0.5, 0.6) is 0 Å². The average molecular weight is 406 g/mol. The summed E-state index contributed by atoms with van der Waals surface area (Å²) in [6, 6.07) is 20.5. The Balaban J connectivity index is 1.53. The van der Waals surface area contributed by atoms with E-state index in [0.29, 0.717) is 13.1 Å². The van der Waals surface area contributed by atoms with E-state index in [1.54, 1.807) is 12.1 Å². The molecule has 0 aliphatic heterocycles. The Bertz CT molecular complexity index is 963. The van der Waals surface area contributed by atoms with Crippen molar-refractivity contribution in [2.75, 3.05) is 5.32 Å². The van der Waals surface area contributed by atoms with Crippen LogP contribution in [0, 0.1) is 5.82 Å². The van der Waals surface area contributed by atoms with Gasteiger partial charge in [-0.25, -0.2) is 9.18 Å². The summed E-state index contributed by atoms with van der Waals surface area (Å²) in [4.78, 5) is 15.2. The van der Waals surface area contributed by atoms with Crippen molar-refractivity contribution in [1.82, 2.24) is 9.47 Å². The van der Waals surface area contributed by atoms with Crippen molar-refractivity contribution in [2.24, 2.45) is 0 Å². The number of amides is 2. The van der Waals surface area contributed by atoms with Gasteiger partial charge in [0.1, 0.15) is 5.82 Å². The SMILES string of the molecule is O=C(Nc1ccccc1)N(Cc1cccn1Cc1cccc(F)c1)C1CCCCC1. The van der Waals surface area contributed by atoms with E-state index < -0.39 is 0 Å². The third-order valence-corrected chi connectivity index (χ3v) is 5.80. The lowest BCUT2D eigenvalue weighted by atomic mass is 9.94. The molecule has 1 saturated carbocycles. The monoisotopic (exact) mass is 405 g/mol. The van der Waals surface area contributed by atoms with Crippen LogP contribution in [-0.4, -0.2) is 21.5 Å². The molecule has 1 heterocycles. The maximum absolute atomic E-state index is 13.6. The first-order valence-corrected chi connectivity index (χ1v) is 10.7. The first kappa shape index (κ1) is 20.2. The van der Waals surface area contributed by atoms with Crippen molar-refractivity contribution in [3.63, 3.8) is 0 Å². The number of anilines is 1. The van der Waals surface area contributed by atoms with Crippen molar-refractivity contribution < 1.29 is 9.18 Å². The summed E-state index contributed by atoms with van der Waals surface area (Å²) in [6.07, 6.45) is 7.61. The second-order valence-electron chi connectivity index (χ2n) is 7.97. The summed E-state index contributed by atoms with van der Waals surface area (Å²) >= 11 is 0. The molecule has 156 valence electrons. The topological polar surface area (TPSA) is 37.3 Å². The molecule has 0 unspecified atom stereocenters. The number of hydrogen-bond acceptors (Lipinski definition) is 1. The van der Waals surface area contributed by atoms with Crippen LogP contribution in [0.3, 0.4) is 0 Å². The van der Waals surface area contributed by atoms with Gasteiger partial charge in [0.2, 0.25) is 0 Å². The number of halogens is 1. The van der Waals surface area contributed by atoms with E-state index in [4.69, 9.17) is 0 Å². The predicted molar refractivity (Wildman–Crippen MR) is 118 cm³/mol. The Morgan fingerprint density at radius 2 is 1.80 bits per heavy atom. The second-order valence-corrected chi connectivity index (χ2v) is 7.97. The first-order valence-electron chi connectivity index (χ1n) is 10.7. The quantitative estimate of drug-likeness (QED) is 0.533. The highest BCUT2D eigenvalue weighted by molar-refractivity contribution is 5.89. The van der Waals surface area contributed by atoms with E-state index in [9.17, 15) is 9.18 Å². The Morgan fingerprint density at radius 3 is 2.57 bits per heavy atom. The number of urea groups is 1. The molecule has 3 aromatic rings. The average Bonchev–Trinajstić information content (AvgIpc) is 3.20. The third-order valence-electron chi connectivity index (χ3n) is 5.80. The van der Waals surface area contributed by atoms with Crippen LogP contribution in [0.2, 0.25) is 0 Å². The number of carbonyl (C=O) groups excluding carboxylic acids is 1. The number of nitrogens with one attached hydrogen (secondary N) is 1. The Labute approximate surface area is 177 Å². The van der Waals surface area contributed by atoms with Crippen LogP contribution >= 0.6 is 0 Å². The van der Waals surface area contributed by atoms with E-state index in [0.717, 1.165) is 42.6 Å². The van der Waals surface area contributed by atoms with Crippen LogP contribution < -0.4 is 5.32 Å². The zero-order valence-electron chi connectivity index (χ0n) is 17.1. The summed E-state index contributed by atoms with van der Waals surface area (Å²) in [5.41, 5.74) is 2.76. The molecule has 5 heteroatoms. The smallest absolute Gasteiger partial charge is 0.322 e. The molecule has 30 heavy (non-hydrogen) atoms. The number of para-hydroxylation sites is 1. The number of aromatic nitrogens is 1. The fourth-order valence-electron chi connectivity index (χ4n) is 4.23. The van der Waals surface area contributed by atoms with Gasteiger partial charge in [0.15, 0.2) is 0 Å². The lowest BCUT2D eigenvalue weighted by Gasteiger charge is -2.34. The van der Waals surface area contributed by atoms with Crippen molar-refractivity contribution in [1.29, 1.82) is 0 Å². The van der Waals surface area contributed by atoms with E-state index >= 15 is 0 Å². The molecule has 1 aliphatic carbocycles. The van der Waals surface area contributed by atoms with Crippen molar-refractivity contribution in [3.8, 4) is 0 Å².